The van der Waals surface area contributed by atoms with E-state index in [1.54, 1.807) is 12.1 Å². The van der Waals surface area contributed by atoms with Crippen molar-refractivity contribution in [1.29, 1.82) is 0 Å². The van der Waals surface area contributed by atoms with Crippen molar-refractivity contribution in [3.05, 3.63) is 35.6 Å². The molecular formula is C9H10ClFO. The topological polar surface area (TPSA) is 9.23 Å². The zero-order valence-electron chi connectivity index (χ0n) is 6.76. The maximum atomic E-state index is 12.7. The predicted octanol–water partition coefficient (Wildman–Crippen LogP) is 3.10. The first-order valence-electron chi connectivity index (χ1n) is 3.75. The summed E-state index contributed by atoms with van der Waals surface area (Å²) in [6, 6.07) is 6.09. The van der Waals surface area contributed by atoms with Gasteiger partial charge in [0.2, 0.25) is 0 Å². The highest BCUT2D eigenvalue weighted by molar-refractivity contribution is 6.19. The van der Waals surface area contributed by atoms with Gasteiger partial charge in [0, 0.05) is 6.61 Å². The Labute approximate surface area is 76.1 Å². The van der Waals surface area contributed by atoms with Crippen molar-refractivity contribution in [3.8, 4) is 0 Å². The maximum absolute atomic E-state index is 12.7. The van der Waals surface area contributed by atoms with Crippen LogP contribution in [0.3, 0.4) is 0 Å². The Hall–Kier alpha value is -0.600. The second kappa shape index (κ2) is 4.43. The molecule has 1 atom stereocenters. The van der Waals surface area contributed by atoms with Crippen LogP contribution in [0.5, 0.6) is 0 Å². The highest BCUT2D eigenvalue weighted by Gasteiger charge is 2.06. The van der Waals surface area contributed by atoms with Crippen LogP contribution in [-0.4, -0.2) is 6.61 Å². The Morgan fingerprint density at radius 3 is 2.92 bits per heavy atom. The highest BCUT2D eigenvalue weighted by Crippen LogP contribution is 2.21. The smallest absolute Gasteiger partial charge is 0.156 e. The number of halogens is 2. The van der Waals surface area contributed by atoms with Crippen LogP contribution >= 0.6 is 11.6 Å². The maximum Gasteiger partial charge on any atom is 0.156 e. The summed E-state index contributed by atoms with van der Waals surface area (Å²) in [5, 5.41) is 0. The Kier molecular flexibility index (Phi) is 3.50. The molecule has 0 aliphatic carbocycles. The van der Waals surface area contributed by atoms with Crippen molar-refractivity contribution in [1.82, 2.24) is 0 Å². The van der Waals surface area contributed by atoms with Gasteiger partial charge in [-0.15, -0.1) is 0 Å². The van der Waals surface area contributed by atoms with Gasteiger partial charge in [0.1, 0.15) is 5.82 Å². The minimum absolute atomic E-state index is 0.294. The molecule has 0 saturated carbocycles. The number of alkyl halides is 1. The van der Waals surface area contributed by atoms with Crippen LogP contribution in [0.25, 0.3) is 0 Å². The van der Waals surface area contributed by atoms with E-state index < -0.39 is 5.56 Å². The molecule has 0 fully saturated rings. The van der Waals surface area contributed by atoms with Crippen molar-refractivity contribution < 1.29 is 9.13 Å². The molecule has 1 nitrogen and oxygen atoms in total. The third kappa shape index (κ3) is 2.47. The van der Waals surface area contributed by atoms with E-state index in [0.29, 0.717) is 12.2 Å². The van der Waals surface area contributed by atoms with Crippen LogP contribution in [0.15, 0.2) is 24.3 Å². The van der Waals surface area contributed by atoms with Crippen LogP contribution in [0.1, 0.15) is 18.1 Å². The van der Waals surface area contributed by atoms with Gasteiger partial charge in [-0.2, -0.15) is 0 Å². The molecular weight excluding hydrogens is 179 g/mol. The monoisotopic (exact) mass is 188 g/mol. The van der Waals surface area contributed by atoms with Crippen LogP contribution < -0.4 is 0 Å². The summed E-state index contributed by atoms with van der Waals surface area (Å²) >= 11 is 5.79. The third-order valence-corrected chi connectivity index (χ3v) is 1.80. The third-order valence-electron chi connectivity index (χ3n) is 1.42. The first kappa shape index (κ1) is 9.49. The summed E-state index contributed by atoms with van der Waals surface area (Å²) in [6.45, 7) is 2.36. The summed E-state index contributed by atoms with van der Waals surface area (Å²) in [5.41, 5.74) is 0.101. The molecule has 0 aromatic heterocycles. The van der Waals surface area contributed by atoms with Crippen molar-refractivity contribution in [2.24, 2.45) is 0 Å². The van der Waals surface area contributed by atoms with Crippen LogP contribution in [-0.2, 0) is 4.74 Å². The molecule has 66 valence electrons. The number of hydrogen-bond acceptors (Lipinski definition) is 1. The minimum atomic E-state index is -0.550. The zero-order valence-corrected chi connectivity index (χ0v) is 7.51. The van der Waals surface area contributed by atoms with Gasteiger partial charge >= 0.3 is 0 Å². The molecule has 1 aromatic carbocycles. The fraction of sp³-hybridized carbons (Fsp3) is 0.333. The molecule has 1 rings (SSSR count). The normalized spacial score (nSPS) is 12.9. The Morgan fingerprint density at radius 2 is 2.33 bits per heavy atom. The summed E-state index contributed by atoms with van der Waals surface area (Å²) in [6.07, 6.45) is 0. The number of hydrogen-bond donors (Lipinski definition) is 0. The second-order valence-corrected chi connectivity index (χ2v) is 2.72. The molecule has 0 amide bonds. The first-order chi connectivity index (χ1) is 5.74. The van der Waals surface area contributed by atoms with Gasteiger partial charge in [0.25, 0.3) is 0 Å². The van der Waals surface area contributed by atoms with Gasteiger partial charge in [-0.3, -0.25) is 0 Å². The van der Waals surface area contributed by atoms with Gasteiger partial charge in [-0.1, -0.05) is 23.7 Å². The van der Waals surface area contributed by atoms with Gasteiger partial charge in [0.15, 0.2) is 5.56 Å². The standard InChI is InChI=1S/C9H10ClFO/c1-2-12-9(10)7-4-3-5-8(11)6-7/h3-6,9H,2H2,1H3. The molecule has 1 unspecified atom stereocenters. The lowest BCUT2D eigenvalue weighted by molar-refractivity contribution is 0.120. The minimum Gasteiger partial charge on any atom is -0.359 e. The molecule has 1 aromatic rings. The molecule has 12 heavy (non-hydrogen) atoms. The highest BCUT2D eigenvalue weighted by atomic mass is 35.5. The molecule has 0 spiro atoms. The first-order valence-corrected chi connectivity index (χ1v) is 4.19. The Morgan fingerprint density at radius 1 is 1.58 bits per heavy atom. The van der Waals surface area contributed by atoms with E-state index in [1.807, 2.05) is 6.92 Å². The molecule has 0 aliphatic rings. The molecule has 3 heteroatoms. The fourth-order valence-electron chi connectivity index (χ4n) is 0.890. The van der Waals surface area contributed by atoms with E-state index in [1.165, 1.54) is 12.1 Å². The van der Waals surface area contributed by atoms with Gasteiger partial charge in [0.05, 0.1) is 0 Å². The summed E-state index contributed by atoms with van der Waals surface area (Å²) in [7, 11) is 0. The second-order valence-electron chi connectivity index (χ2n) is 2.33. The van der Waals surface area contributed by atoms with Crippen LogP contribution in [0.4, 0.5) is 4.39 Å². The predicted molar refractivity (Wildman–Crippen MR) is 46.6 cm³/mol. The molecule has 0 saturated heterocycles. The number of ether oxygens (including phenoxy) is 1. The number of benzene rings is 1. The zero-order chi connectivity index (χ0) is 8.97. The van der Waals surface area contributed by atoms with Crippen molar-refractivity contribution in [3.63, 3.8) is 0 Å². The van der Waals surface area contributed by atoms with Crippen molar-refractivity contribution in [2.75, 3.05) is 6.61 Å². The Bertz CT molecular complexity index is 252. The SMILES string of the molecule is CCOC(Cl)c1cccc(F)c1. The van der Waals surface area contributed by atoms with Crippen molar-refractivity contribution in [2.45, 2.75) is 12.5 Å². The van der Waals surface area contributed by atoms with E-state index in [0.717, 1.165) is 0 Å². The quantitative estimate of drug-likeness (QED) is 0.663. The molecule has 0 bridgehead atoms. The molecule has 0 aliphatic heterocycles. The number of rotatable bonds is 3. The summed E-state index contributed by atoms with van der Waals surface area (Å²) in [5.74, 6) is -0.294. The average molecular weight is 189 g/mol. The molecule has 0 N–H and O–H groups in total. The van der Waals surface area contributed by atoms with Gasteiger partial charge < -0.3 is 4.74 Å². The molecule has 0 radical (unpaired) electrons. The van der Waals surface area contributed by atoms with E-state index in [4.69, 9.17) is 16.3 Å². The van der Waals surface area contributed by atoms with E-state index in [2.05, 4.69) is 0 Å². The van der Waals surface area contributed by atoms with E-state index in [9.17, 15) is 4.39 Å². The van der Waals surface area contributed by atoms with Crippen molar-refractivity contribution >= 4 is 11.6 Å². The Balaban J connectivity index is 2.73. The van der Waals surface area contributed by atoms with Gasteiger partial charge in [-0.25, -0.2) is 4.39 Å². The average Bonchev–Trinajstić information content (AvgIpc) is 2.05. The molecule has 0 heterocycles. The fourth-order valence-corrected chi connectivity index (χ4v) is 1.15. The van der Waals surface area contributed by atoms with E-state index in [-0.39, 0.29) is 5.82 Å². The lowest BCUT2D eigenvalue weighted by Gasteiger charge is -2.08. The van der Waals surface area contributed by atoms with E-state index >= 15 is 0 Å². The lowest BCUT2D eigenvalue weighted by Crippen LogP contribution is -1.96. The largest absolute Gasteiger partial charge is 0.359 e. The summed E-state index contributed by atoms with van der Waals surface area (Å²) in [4.78, 5) is 0. The van der Waals surface area contributed by atoms with Crippen LogP contribution in [0.2, 0.25) is 0 Å². The van der Waals surface area contributed by atoms with Crippen LogP contribution in [0, 0.1) is 5.82 Å². The lowest BCUT2D eigenvalue weighted by atomic mass is 10.2. The summed E-state index contributed by atoms with van der Waals surface area (Å²) < 4.78 is 17.7. The van der Waals surface area contributed by atoms with Gasteiger partial charge in [-0.05, 0) is 24.6 Å².